The standard InChI is InChI=1S/C25H30N4O2S/c1-31-22-14-12-20(13-15-22)24-27-28-25(29(24)17-16-19-8-4-2-5-9-19)32-18-23(30)26-21-10-6-3-7-11-21/h2,4-5,8-9,12-15,21H,3,6-7,10-11,16-18H2,1H3,(H,26,30). The number of hydrogen-bond acceptors (Lipinski definition) is 5. The smallest absolute Gasteiger partial charge is 0.230 e. The van der Waals surface area contributed by atoms with Gasteiger partial charge in [0, 0.05) is 18.2 Å². The summed E-state index contributed by atoms with van der Waals surface area (Å²) in [6.07, 6.45) is 6.73. The van der Waals surface area contributed by atoms with Crippen molar-refractivity contribution in [3.8, 4) is 17.1 Å². The molecule has 7 heteroatoms. The van der Waals surface area contributed by atoms with E-state index in [1.807, 2.05) is 30.3 Å². The van der Waals surface area contributed by atoms with Crippen molar-refractivity contribution in [3.05, 3.63) is 60.2 Å². The highest BCUT2D eigenvalue weighted by Crippen LogP contribution is 2.26. The van der Waals surface area contributed by atoms with Gasteiger partial charge in [-0.1, -0.05) is 61.4 Å². The molecule has 1 aliphatic rings. The predicted molar refractivity (Wildman–Crippen MR) is 128 cm³/mol. The molecule has 4 rings (SSSR count). The zero-order valence-electron chi connectivity index (χ0n) is 18.5. The van der Waals surface area contributed by atoms with Gasteiger partial charge in [0.25, 0.3) is 0 Å². The van der Waals surface area contributed by atoms with E-state index in [4.69, 9.17) is 4.74 Å². The number of methoxy groups -OCH3 is 1. The minimum absolute atomic E-state index is 0.0745. The number of amides is 1. The molecule has 1 amide bonds. The normalized spacial score (nSPS) is 14.3. The first-order valence-electron chi connectivity index (χ1n) is 11.3. The summed E-state index contributed by atoms with van der Waals surface area (Å²) in [7, 11) is 1.66. The van der Waals surface area contributed by atoms with Crippen molar-refractivity contribution in [1.82, 2.24) is 20.1 Å². The highest BCUT2D eigenvalue weighted by atomic mass is 32.2. The van der Waals surface area contributed by atoms with Crippen LogP contribution in [0, 0.1) is 0 Å². The van der Waals surface area contributed by atoms with Crippen LogP contribution >= 0.6 is 11.8 Å². The lowest BCUT2D eigenvalue weighted by Gasteiger charge is -2.22. The average Bonchev–Trinajstić information content (AvgIpc) is 3.25. The third-order valence-electron chi connectivity index (χ3n) is 5.83. The summed E-state index contributed by atoms with van der Waals surface area (Å²) < 4.78 is 7.40. The molecule has 32 heavy (non-hydrogen) atoms. The summed E-state index contributed by atoms with van der Waals surface area (Å²) in [5.74, 6) is 2.03. The monoisotopic (exact) mass is 450 g/mol. The third-order valence-corrected chi connectivity index (χ3v) is 6.80. The topological polar surface area (TPSA) is 69.0 Å². The van der Waals surface area contributed by atoms with E-state index in [0.29, 0.717) is 11.8 Å². The molecule has 3 aromatic rings. The third kappa shape index (κ3) is 5.91. The molecule has 1 N–H and O–H groups in total. The van der Waals surface area contributed by atoms with Gasteiger partial charge in [-0.25, -0.2) is 0 Å². The summed E-state index contributed by atoms with van der Waals surface area (Å²) in [6, 6.07) is 18.5. The molecule has 168 valence electrons. The second-order valence-corrected chi connectivity index (χ2v) is 9.06. The molecule has 0 spiro atoms. The van der Waals surface area contributed by atoms with Gasteiger partial charge >= 0.3 is 0 Å². The molecule has 1 aliphatic carbocycles. The number of aromatic nitrogens is 3. The second-order valence-electron chi connectivity index (χ2n) is 8.11. The van der Waals surface area contributed by atoms with Gasteiger partial charge in [0.2, 0.25) is 5.91 Å². The van der Waals surface area contributed by atoms with Crippen LogP contribution in [0.3, 0.4) is 0 Å². The van der Waals surface area contributed by atoms with Crippen molar-refractivity contribution in [2.24, 2.45) is 0 Å². The lowest BCUT2D eigenvalue weighted by Crippen LogP contribution is -2.37. The fraction of sp³-hybridized carbons (Fsp3) is 0.400. The Bertz CT molecular complexity index is 999. The van der Waals surface area contributed by atoms with Crippen molar-refractivity contribution in [2.75, 3.05) is 12.9 Å². The maximum atomic E-state index is 12.5. The molecule has 0 radical (unpaired) electrons. The number of carbonyl (C=O) groups is 1. The molecule has 0 saturated heterocycles. The lowest BCUT2D eigenvalue weighted by atomic mass is 9.95. The summed E-state index contributed by atoms with van der Waals surface area (Å²) >= 11 is 1.45. The number of carbonyl (C=O) groups excluding carboxylic acids is 1. The Kier molecular flexibility index (Phi) is 7.82. The van der Waals surface area contributed by atoms with Crippen LogP contribution in [0.25, 0.3) is 11.4 Å². The number of ether oxygens (including phenoxy) is 1. The maximum Gasteiger partial charge on any atom is 0.230 e. The van der Waals surface area contributed by atoms with E-state index in [9.17, 15) is 4.79 Å². The molecule has 1 saturated carbocycles. The molecule has 0 bridgehead atoms. The number of nitrogens with zero attached hydrogens (tertiary/aromatic N) is 3. The van der Waals surface area contributed by atoms with Gasteiger partial charge in [0.05, 0.1) is 12.9 Å². The number of hydrogen-bond donors (Lipinski definition) is 1. The van der Waals surface area contributed by atoms with Gasteiger partial charge in [-0.15, -0.1) is 10.2 Å². The summed E-state index contributed by atoms with van der Waals surface area (Å²) in [4.78, 5) is 12.5. The van der Waals surface area contributed by atoms with Crippen LogP contribution in [0.5, 0.6) is 5.75 Å². The molecule has 0 atom stereocenters. The lowest BCUT2D eigenvalue weighted by molar-refractivity contribution is -0.119. The molecule has 1 fully saturated rings. The zero-order chi connectivity index (χ0) is 22.2. The first kappa shape index (κ1) is 22.4. The molecule has 2 aromatic carbocycles. The van der Waals surface area contributed by atoms with Crippen molar-refractivity contribution in [2.45, 2.75) is 56.3 Å². The number of benzene rings is 2. The Hall–Kier alpha value is -2.80. The van der Waals surface area contributed by atoms with Gasteiger partial charge in [-0.2, -0.15) is 0 Å². The largest absolute Gasteiger partial charge is 0.497 e. The van der Waals surface area contributed by atoms with E-state index >= 15 is 0 Å². The summed E-state index contributed by atoms with van der Waals surface area (Å²) in [5.41, 5.74) is 2.23. The van der Waals surface area contributed by atoms with Gasteiger partial charge in [0.15, 0.2) is 11.0 Å². The Morgan fingerprint density at radius 1 is 1.06 bits per heavy atom. The Labute approximate surface area is 193 Å². The number of aryl methyl sites for hydroxylation is 1. The van der Waals surface area contributed by atoms with E-state index in [0.717, 1.165) is 48.1 Å². The van der Waals surface area contributed by atoms with Gasteiger partial charge in [-0.05, 0) is 49.1 Å². The summed E-state index contributed by atoms with van der Waals surface area (Å²) in [5, 5.41) is 12.9. The average molecular weight is 451 g/mol. The molecule has 1 aromatic heterocycles. The Morgan fingerprint density at radius 2 is 1.81 bits per heavy atom. The van der Waals surface area contributed by atoms with Gasteiger partial charge < -0.3 is 14.6 Å². The van der Waals surface area contributed by atoms with Crippen molar-refractivity contribution in [1.29, 1.82) is 0 Å². The molecule has 0 aliphatic heterocycles. The SMILES string of the molecule is COc1ccc(-c2nnc(SCC(=O)NC3CCCCC3)n2CCc2ccccc2)cc1. The van der Waals surface area contributed by atoms with E-state index in [1.165, 1.54) is 36.6 Å². The highest BCUT2D eigenvalue weighted by Gasteiger charge is 2.18. The van der Waals surface area contributed by atoms with E-state index in [2.05, 4.69) is 44.3 Å². The first-order chi connectivity index (χ1) is 15.7. The Balaban J connectivity index is 1.48. The predicted octanol–water partition coefficient (Wildman–Crippen LogP) is 4.74. The Morgan fingerprint density at radius 3 is 2.53 bits per heavy atom. The van der Waals surface area contributed by atoms with Gasteiger partial charge in [0.1, 0.15) is 5.75 Å². The van der Waals surface area contributed by atoms with E-state index in [-0.39, 0.29) is 5.91 Å². The number of rotatable bonds is 9. The van der Waals surface area contributed by atoms with Crippen molar-refractivity contribution in [3.63, 3.8) is 0 Å². The van der Waals surface area contributed by atoms with Crippen LogP contribution in [-0.2, 0) is 17.8 Å². The van der Waals surface area contributed by atoms with E-state index < -0.39 is 0 Å². The van der Waals surface area contributed by atoms with Crippen LogP contribution in [0.2, 0.25) is 0 Å². The molecule has 1 heterocycles. The fourth-order valence-electron chi connectivity index (χ4n) is 4.08. The van der Waals surface area contributed by atoms with Crippen molar-refractivity contribution >= 4 is 17.7 Å². The first-order valence-corrected chi connectivity index (χ1v) is 12.2. The molecular weight excluding hydrogens is 420 g/mol. The van der Waals surface area contributed by atoms with Crippen molar-refractivity contribution < 1.29 is 9.53 Å². The zero-order valence-corrected chi connectivity index (χ0v) is 19.3. The molecule has 6 nitrogen and oxygen atoms in total. The highest BCUT2D eigenvalue weighted by molar-refractivity contribution is 7.99. The van der Waals surface area contributed by atoms with Gasteiger partial charge in [-0.3, -0.25) is 4.79 Å². The molecule has 0 unspecified atom stereocenters. The second kappa shape index (κ2) is 11.2. The summed E-state index contributed by atoms with van der Waals surface area (Å²) in [6.45, 7) is 0.741. The van der Waals surface area contributed by atoms with Crippen LogP contribution in [0.4, 0.5) is 0 Å². The van der Waals surface area contributed by atoms with Crippen LogP contribution in [-0.4, -0.2) is 39.6 Å². The molecular formula is C25H30N4O2S. The number of nitrogens with one attached hydrogen (secondary N) is 1. The fourth-order valence-corrected chi connectivity index (χ4v) is 4.86. The van der Waals surface area contributed by atoms with Crippen LogP contribution < -0.4 is 10.1 Å². The van der Waals surface area contributed by atoms with E-state index in [1.54, 1.807) is 7.11 Å². The maximum absolute atomic E-state index is 12.5. The number of thioether (sulfide) groups is 1. The minimum atomic E-state index is 0.0745. The minimum Gasteiger partial charge on any atom is -0.497 e. The van der Waals surface area contributed by atoms with Crippen LogP contribution in [0.15, 0.2) is 59.8 Å². The quantitative estimate of drug-likeness (QED) is 0.477. The van der Waals surface area contributed by atoms with Crippen LogP contribution in [0.1, 0.15) is 37.7 Å².